The summed E-state index contributed by atoms with van der Waals surface area (Å²) >= 11 is 0. The number of carbonyl (C=O) groups excluding carboxylic acids is 2. The molecule has 0 rings (SSSR count). The third kappa shape index (κ3) is 4.63. The summed E-state index contributed by atoms with van der Waals surface area (Å²) in [5, 5.41) is 0. The SMILES string of the molecule is C=CC(=O)N(C)C(C)C(=O)OCCCC. The van der Waals surface area contributed by atoms with Crippen molar-refractivity contribution in [2.75, 3.05) is 13.7 Å². The van der Waals surface area contributed by atoms with Gasteiger partial charge in [-0.15, -0.1) is 0 Å². The molecule has 0 aliphatic rings. The third-order valence-electron chi connectivity index (χ3n) is 2.19. The summed E-state index contributed by atoms with van der Waals surface area (Å²) in [6, 6.07) is -0.563. The number of amides is 1. The number of likely N-dealkylation sites (N-methyl/N-ethyl adjacent to an activating group) is 1. The van der Waals surface area contributed by atoms with Crippen LogP contribution in [0.1, 0.15) is 26.7 Å². The van der Waals surface area contributed by atoms with Gasteiger partial charge in [0, 0.05) is 7.05 Å². The van der Waals surface area contributed by atoms with Crippen LogP contribution in [0.5, 0.6) is 0 Å². The first kappa shape index (κ1) is 13.7. The van der Waals surface area contributed by atoms with Crippen LogP contribution in [0.2, 0.25) is 0 Å². The van der Waals surface area contributed by atoms with Crippen LogP contribution in [0.25, 0.3) is 0 Å². The molecule has 0 fully saturated rings. The average molecular weight is 213 g/mol. The molecule has 0 aromatic rings. The normalized spacial score (nSPS) is 11.7. The van der Waals surface area contributed by atoms with Gasteiger partial charge in [0.25, 0.3) is 0 Å². The Bertz CT molecular complexity index is 238. The van der Waals surface area contributed by atoms with E-state index in [1.165, 1.54) is 11.0 Å². The van der Waals surface area contributed by atoms with E-state index in [1.54, 1.807) is 14.0 Å². The van der Waals surface area contributed by atoms with Crippen molar-refractivity contribution in [1.29, 1.82) is 0 Å². The van der Waals surface area contributed by atoms with Crippen LogP contribution in [0.15, 0.2) is 12.7 Å². The maximum absolute atomic E-state index is 11.4. The smallest absolute Gasteiger partial charge is 0.328 e. The molecule has 1 atom stereocenters. The first-order valence-corrected chi connectivity index (χ1v) is 5.10. The lowest BCUT2D eigenvalue weighted by molar-refractivity contribution is -0.152. The highest BCUT2D eigenvalue weighted by Gasteiger charge is 2.21. The Morgan fingerprint density at radius 2 is 2.13 bits per heavy atom. The van der Waals surface area contributed by atoms with Gasteiger partial charge in [0.15, 0.2) is 0 Å². The fourth-order valence-electron chi connectivity index (χ4n) is 0.931. The fraction of sp³-hybridized carbons (Fsp3) is 0.636. The van der Waals surface area contributed by atoms with Gasteiger partial charge in [-0.3, -0.25) is 4.79 Å². The zero-order valence-corrected chi connectivity index (χ0v) is 9.66. The van der Waals surface area contributed by atoms with E-state index in [9.17, 15) is 9.59 Å². The number of unbranched alkanes of at least 4 members (excludes halogenated alkanes) is 1. The molecule has 1 unspecified atom stereocenters. The first-order valence-electron chi connectivity index (χ1n) is 5.10. The van der Waals surface area contributed by atoms with E-state index < -0.39 is 6.04 Å². The van der Waals surface area contributed by atoms with Crippen LogP contribution in [0, 0.1) is 0 Å². The molecule has 4 nitrogen and oxygen atoms in total. The van der Waals surface area contributed by atoms with E-state index in [-0.39, 0.29) is 11.9 Å². The Morgan fingerprint density at radius 1 is 1.53 bits per heavy atom. The van der Waals surface area contributed by atoms with Gasteiger partial charge in [0.05, 0.1) is 6.61 Å². The van der Waals surface area contributed by atoms with Crippen molar-refractivity contribution in [2.45, 2.75) is 32.7 Å². The fourth-order valence-corrected chi connectivity index (χ4v) is 0.931. The maximum atomic E-state index is 11.4. The molecular formula is C11H19NO3. The Kier molecular flexibility index (Phi) is 6.42. The zero-order valence-electron chi connectivity index (χ0n) is 9.66. The molecule has 0 radical (unpaired) electrons. The topological polar surface area (TPSA) is 46.6 Å². The predicted octanol–water partition coefficient (Wildman–Crippen LogP) is 1.36. The summed E-state index contributed by atoms with van der Waals surface area (Å²) in [7, 11) is 1.55. The van der Waals surface area contributed by atoms with Crippen LogP contribution in [-0.2, 0) is 14.3 Å². The predicted molar refractivity (Wildman–Crippen MR) is 58.3 cm³/mol. The molecule has 0 aromatic heterocycles. The molecule has 1 amide bonds. The van der Waals surface area contributed by atoms with Gasteiger partial charge in [-0.2, -0.15) is 0 Å². The van der Waals surface area contributed by atoms with Crippen LogP contribution in [0.4, 0.5) is 0 Å². The molecule has 0 saturated carbocycles. The van der Waals surface area contributed by atoms with Crippen LogP contribution in [0.3, 0.4) is 0 Å². The van der Waals surface area contributed by atoms with E-state index >= 15 is 0 Å². The van der Waals surface area contributed by atoms with E-state index in [2.05, 4.69) is 6.58 Å². The third-order valence-corrected chi connectivity index (χ3v) is 2.19. The molecule has 15 heavy (non-hydrogen) atoms. The van der Waals surface area contributed by atoms with E-state index in [0.717, 1.165) is 12.8 Å². The number of hydrogen-bond donors (Lipinski definition) is 0. The Balaban J connectivity index is 4.07. The molecule has 0 bridgehead atoms. The number of esters is 1. The van der Waals surface area contributed by atoms with Crippen molar-refractivity contribution in [2.24, 2.45) is 0 Å². The Labute approximate surface area is 90.9 Å². The van der Waals surface area contributed by atoms with Gasteiger partial charge >= 0.3 is 5.97 Å². The molecule has 0 N–H and O–H groups in total. The number of rotatable bonds is 6. The quantitative estimate of drug-likeness (QED) is 0.380. The molecular weight excluding hydrogens is 194 g/mol. The molecule has 0 aromatic carbocycles. The first-order chi connectivity index (χ1) is 7.04. The summed E-state index contributed by atoms with van der Waals surface area (Å²) in [5.41, 5.74) is 0. The minimum atomic E-state index is -0.563. The summed E-state index contributed by atoms with van der Waals surface area (Å²) in [5.74, 6) is -0.656. The second-order valence-electron chi connectivity index (χ2n) is 3.35. The number of hydrogen-bond acceptors (Lipinski definition) is 3. The maximum Gasteiger partial charge on any atom is 0.328 e. The lowest BCUT2D eigenvalue weighted by Crippen LogP contribution is -2.40. The number of carbonyl (C=O) groups is 2. The molecule has 0 heterocycles. The summed E-state index contributed by atoms with van der Waals surface area (Å²) < 4.78 is 4.99. The largest absolute Gasteiger partial charge is 0.464 e. The number of nitrogens with zero attached hydrogens (tertiary/aromatic N) is 1. The summed E-state index contributed by atoms with van der Waals surface area (Å²) in [4.78, 5) is 23.9. The van der Waals surface area contributed by atoms with E-state index in [0.29, 0.717) is 6.61 Å². The van der Waals surface area contributed by atoms with Crippen LogP contribution in [-0.4, -0.2) is 36.5 Å². The molecule has 0 spiro atoms. The summed E-state index contributed by atoms with van der Waals surface area (Å²) in [6.07, 6.45) is 3.00. The van der Waals surface area contributed by atoms with Crippen LogP contribution < -0.4 is 0 Å². The minimum absolute atomic E-state index is 0.282. The highest BCUT2D eigenvalue weighted by molar-refractivity contribution is 5.90. The van der Waals surface area contributed by atoms with Gasteiger partial charge in [-0.05, 0) is 19.4 Å². The second kappa shape index (κ2) is 7.04. The molecule has 0 aliphatic carbocycles. The van der Waals surface area contributed by atoms with Gasteiger partial charge in [0.2, 0.25) is 5.91 Å². The number of ether oxygens (including phenoxy) is 1. The molecule has 4 heteroatoms. The second-order valence-corrected chi connectivity index (χ2v) is 3.35. The minimum Gasteiger partial charge on any atom is -0.464 e. The highest BCUT2D eigenvalue weighted by atomic mass is 16.5. The average Bonchev–Trinajstić information content (AvgIpc) is 2.26. The molecule has 0 saturated heterocycles. The van der Waals surface area contributed by atoms with Crippen molar-refractivity contribution < 1.29 is 14.3 Å². The van der Waals surface area contributed by atoms with Crippen molar-refractivity contribution in [1.82, 2.24) is 4.90 Å². The van der Waals surface area contributed by atoms with Crippen molar-refractivity contribution in [3.05, 3.63) is 12.7 Å². The van der Waals surface area contributed by atoms with Gasteiger partial charge in [0.1, 0.15) is 6.04 Å². The van der Waals surface area contributed by atoms with Crippen molar-refractivity contribution in [3.63, 3.8) is 0 Å². The Morgan fingerprint density at radius 3 is 2.60 bits per heavy atom. The van der Waals surface area contributed by atoms with E-state index in [1.807, 2.05) is 6.92 Å². The molecule has 86 valence electrons. The monoisotopic (exact) mass is 213 g/mol. The lowest BCUT2D eigenvalue weighted by atomic mass is 10.3. The Hall–Kier alpha value is -1.32. The van der Waals surface area contributed by atoms with Crippen molar-refractivity contribution >= 4 is 11.9 Å². The van der Waals surface area contributed by atoms with Gasteiger partial charge in [-0.1, -0.05) is 19.9 Å². The zero-order chi connectivity index (χ0) is 11.8. The summed E-state index contributed by atoms with van der Waals surface area (Å²) in [6.45, 7) is 7.42. The highest BCUT2D eigenvalue weighted by Crippen LogP contribution is 2.01. The molecule has 0 aliphatic heterocycles. The van der Waals surface area contributed by atoms with Crippen molar-refractivity contribution in [3.8, 4) is 0 Å². The lowest BCUT2D eigenvalue weighted by Gasteiger charge is -2.21. The van der Waals surface area contributed by atoms with E-state index in [4.69, 9.17) is 4.74 Å². The van der Waals surface area contributed by atoms with Crippen LogP contribution >= 0.6 is 0 Å². The van der Waals surface area contributed by atoms with Gasteiger partial charge in [-0.25, -0.2) is 4.79 Å². The standard InChI is InChI=1S/C11H19NO3/c1-5-7-8-15-11(14)9(3)12(4)10(13)6-2/h6,9H,2,5,7-8H2,1,3-4H3. The van der Waals surface area contributed by atoms with Gasteiger partial charge < -0.3 is 9.64 Å².